The quantitative estimate of drug-likeness (QED) is 0.933. The van der Waals surface area contributed by atoms with Crippen LogP contribution < -0.4 is 5.32 Å². The average molecular weight is 336 g/mol. The molecule has 118 valence electrons. The van der Waals surface area contributed by atoms with Crippen molar-refractivity contribution in [2.24, 2.45) is 0 Å². The minimum atomic E-state index is -3.08. The maximum absolute atomic E-state index is 12.0. The summed E-state index contributed by atoms with van der Waals surface area (Å²) in [5.74, 6) is 0.229. The van der Waals surface area contributed by atoms with E-state index in [-0.39, 0.29) is 11.2 Å². The highest BCUT2D eigenvalue weighted by atomic mass is 32.2. The van der Waals surface area contributed by atoms with Crippen LogP contribution in [0.15, 0.2) is 28.5 Å². The van der Waals surface area contributed by atoms with Gasteiger partial charge in [-0.1, -0.05) is 26.8 Å². The molecule has 1 aliphatic rings. The zero-order valence-corrected chi connectivity index (χ0v) is 14.6. The van der Waals surface area contributed by atoms with E-state index in [0.717, 1.165) is 22.0 Å². The van der Waals surface area contributed by atoms with Gasteiger partial charge in [-0.3, -0.25) is 0 Å². The lowest BCUT2D eigenvalue weighted by molar-refractivity contribution is 0.571. The van der Waals surface area contributed by atoms with Crippen molar-refractivity contribution in [1.82, 2.24) is 4.98 Å². The molecule has 1 aromatic carbocycles. The van der Waals surface area contributed by atoms with E-state index in [4.69, 9.17) is 0 Å². The molecule has 0 radical (unpaired) electrons. The Morgan fingerprint density at radius 3 is 2.77 bits per heavy atom. The number of nitrogens with one attached hydrogen (secondary N) is 1. The van der Waals surface area contributed by atoms with E-state index in [0.29, 0.717) is 17.9 Å². The van der Waals surface area contributed by atoms with Gasteiger partial charge in [0.05, 0.1) is 22.9 Å². The molecule has 1 aliphatic heterocycles. The predicted octanol–water partition coefficient (Wildman–Crippen LogP) is 3.38. The normalized spacial score (nSPS) is 16.5. The van der Waals surface area contributed by atoms with Gasteiger partial charge in [0.25, 0.3) is 0 Å². The molecule has 0 amide bonds. The standard InChI is InChI=1S/C16H20N2O2S2/c1-16(2,3)14-10-21-15(18-14)9-17-12-5-4-11-6-7-22(19,20)13(11)8-12/h4-5,8,10,17H,6-7,9H2,1-3H3. The molecule has 0 aliphatic carbocycles. The Morgan fingerprint density at radius 1 is 1.32 bits per heavy atom. The van der Waals surface area contributed by atoms with Crippen LogP contribution in [0.5, 0.6) is 0 Å². The number of hydrogen-bond donors (Lipinski definition) is 1. The van der Waals surface area contributed by atoms with Crippen molar-refractivity contribution in [3.05, 3.63) is 39.8 Å². The molecule has 2 heterocycles. The summed E-state index contributed by atoms with van der Waals surface area (Å²) in [6.45, 7) is 7.04. The predicted molar refractivity (Wildman–Crippen MR) is 90.3 cm³/mol. The summed E-state index contributed by atoms with van der Waals surface area (Å²) in [6, 6.07) is 5.60. The first kappa shape index (κ1) is 15.5. The molecule has 3 rings (SSSR count). The van der Waals surface area contributed by atoms with Gasteiger partial charge < -0.3 is 5.32 Å². The fourth-order valence-electron chi connectivity index (χ4n) is 2.43. The molecule has 4 nitrogen and oxygen atoms in total. The third-order valence-electron chi connectivity index (χ3n) is 3.81. The van der Waals surface area contributed by atoms with Crippen molar-refractivity contribution in [1.29, 1.82) is 0 Å². The maximum Gasteiger partial charge on any atom is 0.179 e. The van der Waals surface area contributed by atoms with Gasteiger partial charge in [-0.15, -0.1) is 11.3 Å². The van der Waals surface area contributed by atoms with E-state index in [1.165, 1.54) is 0 Å². The Hall–Kier alpha value is -1.40. The highest BCUT2D eigenvalue weighted by Gasteiger charge is 2.26. The molecule has 0 bridgehead atoms. The van der Waals surface area contributed by atoms with Crippen LogP contribution in [0.2, 0.25) is 0 Å². The minimum Gasteiger partial charge on any atom is -0.378 e. The van der Waals surface area contributed by atoms with Gasteiger partial charge in [-0.25, -0.2) is 13.4 Å². The molecule has 0 saturated heterocycles. The van der Waals surface area contributed by atoms with Crippen molar-refractivity contribution in [2.75, 3.05) is 11.1 Å². The summed E-state index contributed by atoms with van der Waals surface area (Å²) in [7, 11) is -3.08. The van der Waals surface area contributed by atoms with Crippen LogP contribution in [0.4, 0.5) is 5.69 Å². The average Bonchev–Trinajstić information content (AvgIpc) is 3.02. The zero-order chi connectivity index (χ0) is 16.0. The lowest BCUT2D eigenvalue weighted by Crippen LogP contribution is -2.12. The summed E-state index contributed by atoms with van der Waals surface area (Å²) >= 11 is 1.63. The maximum atomic E-state index is 12.0. The molecular weight excluding hydrogens is 316 g/mol. The number of sulfone groups is 1. The van der Waals surface area contributed by atoms with Crippen LogP contribution in [-0.4, -0.2) is 19.2 Å². The summed E-state index contributed by atoms with van der Waals surface area (Å²) in [4.78, 5) is 5.11. The van der Waals surface area contributed by atoms with Gasteiger partial charge in [0.2, 0.25) is 0 Å². The Balaban J connectivity index is 1.74. The van der Waals surface area contributed by atoms with Crippen molar-refractivity contribution in [3.63, 3.8) is 0 Å². The molecular formula is C16H20N2O2S2. The van der Waals surface area contributed by atoms with Crippen molar-refractivity contribution < 1.29 is 8.42 Å². The summed E-state index contributed by atoms with van der Waals surface area (Å²) in [6.07, 6.45) is 0.624. The SMILES string of the molecule is CC(C)(C)c1csc(CNc2ccc3c(c2)S(=O)(=O)CC3)n1. The van der Waals surface area contributed by atoms with Crippen LogP contribution in [0.3, 0.4) is 0 Å². The monoisotopic (exact) mass is 336 g/mol. The fourth-order valence-corrected chi connectivity index (χ4v) is 4.97. The van der Waals surface area contributed by atoms with Crippen LogP contribution in [-0.2, 0) is 28.2 Å². The van der Waals surface area contributed by atoms with Crippen LogP contribution in [0.1, 0.15) is 37.0 Å². The molecule has 1 N–H and O–H groups in total. The first-order valence-corrected chi connectivity index (χ1v) is 9.83. The Labute approximate surface area is 135 Å². The van der Waals surface area contributed by atoms with E-state index < -0.39 is 9.84 Å². The van der Waals surface area contributed by atoms with E-state index in [2.05, 4.69) is 36.5 Å². The number of anilines is 1. The van der Waals surface area contributed by atoms with Crippen LogP contribution >= 0.6 is 11.3 Å². The smallest absolute Gasteiger partial charge is 0.179 e. The zero-order valence-electron chi connectivity index (χ0n) is 13.0. The first-order valence-electron chi connectivity index (χ1n) is 7.30. The van der Waals surface area contributed by atoms with Gasteiger partial charge in [0, 0.05) is 16.5 Å². The number of aromatic nitrogens is 1. The minimum absolute atomic E-state index is 0.0520. The van der Waals surface area contributed by atoms with E-state index >= 15 is 0 Å². The molecule has 0 saturated carbocycles. The van der Waals surface area contributed by atoms with Gasteiger partial charge in [-0.2, -0.15) is 0 Å². The number of nitrogens with zero attached hydrogens (tertiary/aromatic N) is 1. The van der Waals surface area contributed by atoms with Gasteiger partial charge in [0.15, 0.2) is 9.84 Å². The lowest BCUT2D eigenvalue weighted by atomic mass is 9.93. The fraction of sp³-hybridized carbons (Fsp3) is 0.438. The second-order valence-electron chi connectivity index (χ2n) is 6.62. The van der Waals surface area contributed by atoms with Crippen molar-refractivity contribution in [2.45, 2.75) is 44.0 Å². The number of hydrogen-bond acceptors (Lipinski definition) is 5. The number of fused-ring (bicyclic) bond motifs is 1. The largest absolute Gasteiger partial charge is 0.378 e. The molecule has 0 atom stereocenters. The topological polar surface area (TPSA) is 59.1 Å². The molecule has 0 spiro atoms. The van der Waals surface area contributed by atoms with Crippen molar-refractivity contribution >= 4 is 26.9 Å². The van der Waals surface area contributed by atoms with Gasteiger partial charge in [0.1, 0.15) is 5.01 Å². The Bertz CT molecular complexity index is 802. The van der Waals surface area contributed by atoms with Crippen LogP contribution in [0.25, 0.3) is 0 Å². The van der Waals surface area contributed by atoms with Crippen LogP contribution in [0, 0.1) is 0 Å². The highest BCUT2D eigenvalue weighted by Crippen LogP contribution is 2.29. The summed E-state index contributed by atoms with van der Waals surface area (Å²) in [5.41, 5.74) is 2.90. The second kappa shape index (κ2) is 5.35. The Morgan fingerprint density at radius 2 is 2.09 bits per heavy atom. The number of rotatable bonds is 3. The number of benzene rings is 1. The number of aryl methyl sites for hydroxylation is 1. The molecule has 22 heavy (non-hydrogen) atoms. The molecule has 2 aromatic rings. The van der Waals surface area contributed by atoms with E-state index in [1.807, 2.05) is 12.1 Å². The third kappa shape index (κ3) is 3.03. The number of thiazole rings is 1. The molecule has 1 aromatic heterocycles. The third-order valence-corrected chi connectivity index (χ3v) is 6.45. The molecule has 0 fully saturated rings. The summed E-state index contributed by atoms with van der Waals surface area (Å²) in [5, 5.41) is 6.37. The second-order valence-corrected chi connectivity index (χ2v) is 9.64. The Kier molecular flexibility index (Phi) is 3.77. The van der Waals surface area contributed by atoms with E-state index in [9.17, 15) is 8.42 Å². The van der Waals surface area contributed by atoms with Gasteiger partial charge >= 0.3 is 0 Å². The van der Waals surface area contributed by atoms with E-state index in [1.54, 1.807) is 17.4 Å². The molecule has 0 unspecified atom stereocenters. The van der Waals surface area contributed by atoms with Crippen molar-refractivity contribution in [3.8, 4) is 0 Å². The first-order chi connectivity index (χ1) is 10.3. The highest BCUT2D eigenvalue weighted by molar-refractivity contribution is 7.91. The lowest BCUT2D eigenvalue weighted by Gasteiger charge is -2.14. The molecule has 6 heteroatoms. The summed E-state index contributed by atoms with van der Waals surface area (Å²) < 4.78 is 23.9. The van der Waals surface area contributed by atoms with Gasteiger partial charge in [-0.05, 0) is 24.1 Å².